The van der Waals surface area contributed by atoms with E-state index >= 15 is 0 Å². The summed E-state index contributed by atoms with van der Waals surface area (Å²) in [5.74, 6) is 0.822. The fraction of sp³-hybridized carbons (Fsp3) is 0.500. The van der Waals surface area contributed by atoms with E-state index in [4.69, 9.17) is 20.3 Å². The van der Waals surface area contributed by atoms with Gasteiger partial charge in [-0.15, -0.1) is 0 Å². The van der Waals surface area contributed by atoms with Gasteiger partial charge < -0.3 is 20.3 Å². The quantitative estimate of drug-likeness (QED) is 0.646. The molecule has 0 saturated carbocycles. The van der Waals surface area contributed by atoms with E-state index in [-0.39, 0.29) is 6.61 Å². The predicted octanol–water partition coefficient (Wildman–Crippen LogP) is 0.923. The van der Waals surface area contributed by atoms with Crippen molar-refractivity contribution in [3.8, 4) is 5.75 Å². The Labute approximate surface area is 96.0 Å². The van der Waals surface area contributed by atoms with Crippen LogP contribution in [0.5, 0.6) is 5.75 Å². The number of hydrogen-bond donors (Lipinski definition) is 2. The molecule has 90 valence electrons. The van der Waals surface area contributed by atoms with E-state index in [9.17, 15) is 0 Å². The number of aliphatic hydroxyl groups is 1. The Morgan fingerprint density at radius 3 is 2.44 bits per heavy atom. The molecule has 16 heavy (non-hydrogen) atoms. The van der Waals surface area contributed by atoms with E-state index in [1.54, 1.807) is 0 Å². The van der Waals surface area contributed by atoms with E-state index < -0.39 is 0 Å². The molecule has 0 saturated heterocycles. The minimum Gasteiger partial charge on any atom is -0.491 e. The van der Waals surface area contributed by atoms with Gasteiger partial charge in [0.25, 0.3) is 0 Å². The first-order chi connectivity index (χ1) is 7.86. The van der Waals surface area contributed by atoms with Gasteiger partial charge in [0.05, 0.1) is 6.61 Å². The van der Waals surface area contributed by atoms with Crippen molar-refractivity contribution in [2.75, 3.05) is 26.4 Å². The number of aliphatic hydroxyl groups excluding tert-OH is 1. The molecule has 0 unspecified atom stereocenters. The van der Waals surface area contributed by atoms with Crippen molar-refractivity contribution in [2.24, 2.45) is 5.73 Å². The van der Waals surface area contributed by atoms with Crippen LogP contribution < -0.4 is 10.5 Å². The summed E-state index contributed by atoms with van der Waals surface area (Å²) < 4.78 is 10.7. The molecule has 0 aliphatic carbocycles. The van der Waals surface area contributed by atoms with Crippen LogP contribution in [-0.2, 0) is 11.3 Å². The van der Waals surface area contributed by atoms with Crippen LogP contribution in [0.15, 0.2) is 24.3 Å². The third-order valence-corrected chi connectivity index (χ3v) is 2.10. The summed E-state index contributed by atoms with van der Waals surface area (Å²) in [4.78, 5) is 0. The normalized spacial score (nSPS) is 10.4. The Kier molecular flexibility index (Phi) is 6.56. The highest BCUT2D eigenvalue weighted by Crippen LogP contribution is 2.11. The van der Waals surface area contributed by atoms with Gasteiger partial charge in [-0.05, 0) is 24.1 Å². The Hall–Kier alpha value is -1.10. The highest BCUT2D eigenvalue weighted by atomic mass is 16.5. The molecular formula is C12H19NO3. The smallest absolute Gasteiger partial charge is 0.119 e. The fourth-order valence-corrected chi connectivity index (χ4v) is 1.21. The second-order valence-corrected chi connectivity index (χ2v) is 3.39. The molecule has 4 heteroatoms. The molecule has 0 radical (unpaired) electrons. The summed E-state index contributed by atoms with van der Waals surface area (Å²) in [5, 5.41) is 8.53. The van der Waals surface area contributed by atoms with Gasteiger partial charge in [0.15, 0.2) is 0 Å². The summed E-state index contributed by atoms with van der Waals surface area (Å²) >= 11 is 0. The molecule has 0 bridgehead atoms. The molecule has 1 aromatic rings. The maximum Gasteiger partial charge on any atom is 0.119 e. The molecule has 0 aliphatic heterocycles. The van der Waals surface area contributed by atoms with Crippen LogP contribution in [0.2, 0.25) is 0 Å². The molecular weight excluding hydrogens is 206 g/mol. The van der Waals surface area contributed by atoms with Crippen molar-refractivity contribution in [2.45, 2.75) is 13.0 Å². The number of ether oxygens (including phenoxy) is 2. The van der Waals surface area contributed by atoms with Crippen LogP contribution in [-0.4, -0.2) is 31.5 Å². The van der Waals surface area contributed by atoms with E-state index in [0.29, 0.717) is 32.8 Å². The van der Waals surface area contributed by atoms with E-state index in [0.717, 1.165) is 11.3 Å². The summed E-state index contributed by atoms with van der Waals surface area (Å²) in [5.41, 5.74) is 6.58. The third-order valence-electron chi connectivity index (χ3n) is 2.10. The summed E-state index contributed by atoms with van der Waals surface area (Å²) in [7, 11) is 0. The fourth-order valence-electron chi connectivity index (χ4n) is 1.21. The average molecular weight is 225 g/mol. The molecule has 1 rings (SSSR count). The van der Waals surface area contributed by atoms with E-state index in [2.05, 4.69) is 0 Å². The van der Waals surface area contributed by atoms with Crippen LogP contribution in [0.3, 0.4) is 0 Å². The lowest BCUT2D eigenvalue weighted by Crippen LogP contribution is -2.08. The predicted molar refractivity (Wildman–Crippen MR) is 62.4 cm³/mol. The molecule has 0 aromatic heterocycles. The molecule has 0 spiro atoms. The van der Waals surface area contributed by atoms with Gasteiger partial charge in [0.1, 0.15) is 12.4 Å². The number of nitrogens with two attached hydrogens (primary N) is 1. The highest BCUT2D eigenvalue weighted by molar-refractivity contribution is 5.26. The zero-order chi connectivity index (χ0) is 11.6. The zero-order valence-corrected chi connectivity index (χ0v) is 9.39. The van der Waals surface area contributed by atoms with Crippen LogP contribution in [0.1, 0.15) is 12.0 Å². The van der Waals surface area contributed by atoms with Crippen molar-refractivity contribution in [3.05, 3.63) is 29.8 Å². The lowest BCUT2D eigenvalue weighted by molar-refractivity contribution is 0.0883. The topological polar surface area (TPSA) is 64.7 Å². The summed E-state index contributed by atoms with van der Waals surface area (Å²) in [6.07, 6.45) is 0.672. The van der Waals surface area contributed by atoms with Crippen LogP contribution in [0.4, 0.5) is 0 Å². The molecule has 0 amide bonds. The lowest BCUT2D eigenvalue weighted by atomic mass is 10.2. The highest BCUT2D eigenvalue weighted by Gasteiger charge is 1.94. The maximum absolute atomic E-state index is 8.53. The molecule has 1 aromatic carbocycles. The summed E-state index contributed by atoms with van der Waals surface area (Å²) in [6.45, 7) is 2.35. The van der Waals surface area contributed by atoms with Crippen molar-refractivity contribution >= 4 is 0 Å². The standard InChI is InChI=1S/C12H19NO3/c13-10-11-2-4-12(5-3-11)16-9-8-15-7-1-6-14/h2-5,14H,1,6-10,13H2. The molecule has 0 atom stereocenters. The van der Waals surface area contributed by atoms with Gasteiger partial charge in [-0.1, -0.05) is 12.1 Å². The minimum atomic E-state index is 0.168. The largest absolute Gasteiger partial charge is 0.491 e. The number of hydrogen-bond acceptors (Lipinski definition) is 4. The first kappa shape index (κ1) is 13.0. The monoisotopic (exact) mass is 225 g/mol. The van der Waals surface area contributed by atoms with Crippen molar-refractivity contribution in [1.82, 2.24) is 0 Å². The zero-order valence-electron chi connectivity index (χ0n) is 9.39. The van der Waals surface area contributed by atoms with Crippen molar-refractivity contribution in [3.63, 3.8) is 0 Å². The number of rotatable bonds is 8. The summed E-state index contributed by atoms with van der Waals surface area (Å²) in [6, 6.07) is 7.69. The molecule has 4 nitrogen and oxygen atoms in total. The van der Waals surface area contributed by atoms with Gasteiger partial charge in [-0.25, -0.2) is 0 Å². The molecule has 0 fully saturated rings. The van der Waals surface area contributed by atoms with Crippen LogP contribution in [0.25, 0.3) is 0 Å². The molecule has 3 N–H and O–H groups in total. The SMILES string of the molecule is NCc1ccc(OCCOCCCO)cc1. The first-order valence-electron chi connectivity index (χ1n) is 5.47. The van der Waals surface area contributed by atoms with Gasteiger partial charge in [0, 0.05) is 19.8 Å². The van der Waals surface area contributed by atoms with Crippen molar-refractivity contribution < 1.29 is 14.6 Å². The Morgan fingerprint density at radius 2 is 1.81 bits per heavy atom. The Bertz CT molecular complexity index is 274. The van der Waals surface area contributed by atoms with Crippen molar-refractivity contribution in [1.29, 1.82) is 0 Å². The van der Waals surface area contributed by atoms with E-state index in [1.165, 1.54) is 0 Å². The lowest BCUT2D eigenvalue weighted by Gasteiger charge is -2.07. The van der Waals surface area contributed by atoms with Gasteiger partial charge in [0.2, 0.25) is 0 Å². The maximum atomic E-state index is 8.53. The average Bonchev–Trinajstić information content (AvgIpc) is 2.34. The molecule has 0 heterocycles. The van der Waals surface area contributed by atoms with Crippen LogP contribution >= 0.6 is 0 Å². The number of benzene rings is 1. The minimum absolute atomic E-state index is 0.168. The second-order valence-electron chi connectivity index (χ2n) is 3.39. The van der Waals surface area contributed by atoms with Gasteiger partial charge in [-0.3, -0.25) is 0 Å². The first-order valence-corrected chi connectivity index (χ1v) is 5.47. The van der Waals surface area contributed by atoms with Gasteiger partial charge >= 0.3 is 0 Å². The van der Waals surface area contributed by atoms with Crippen LogP contribution in [0, 0.1) is 0 Å². The third kappa shape index (κ3) is 5.11. The van der Waals surface area contributed by atoms with E-state index in [1.807, 2.05) is 24.3 Å². The molecule has 0 aliphatic rings. The second kappa shape index (κ2) is 8.10. The van der Waals surface area contributed by atoms with Gasteiger partial charge in [-0.2, -0.15) is 0 Å². The Balaban J connectivity index is 2.12. The Morgan fingerprint density at radius 1 is 1.06 bits per heavy atom.